The predicted octanol–water partition coefficient (Wildman–Crippen LogP) is 4.12. The topological polar surface area (TPSA) is 41.6 Å². The van der Waals surface area contributed by atoms with Gasteiger partial charge in [-0.05, 0) is 87.3 Å². The van der Waals surface area contributed by atoms with Crippen molar-refractivity contribution in [3.63, 3.8) is 0 Å². The minimum absolute atomic E-state index is 0.0997. The van der Waals surface area contributed by atoms with Crippen LogP contribution in [-0.2, 0) is 4.79 Å². The highest BCUT2D eigenvalue weighted by Gasteiger charge is 2.48. The molecule has 0 spiro atoms. The molecule has 28 heavy (non-hydrogen) atoms. The normalized spacial score (nSPS) is 37.0. The Bertz CT molecular complexity index is 696. The summed E-state index contributed by atoms with van der Waals surface area (Å²) < 4.78 is 6.12. The van der Waals surface area contributed by atoms with E-state index in [4.69, 9.17) is 16.3 Å². The van der Waals surface area contributed by atoms with Crippen LogP contribution in [0.3, 0.4) is 0 Å². The van der Waals surface area contributed by atoms with Crippen molar-refractivity contribution < 1.29 is 9.53 Å². The van der Waals surface area contributed by atoms with Crippen molar-refractivity contribution in [2.45, 2.75) is 57.1 Å². The second kappa shape index (κ2) is 7.87. The smallest absolute Gasteiger partial charge is 0.234 e. The number of likely N-dealkylation sites (tertiary alicyclic amines) is 1. The molecule has 1 heterocycles. The highest BCUT2D eigenvalue weighted by Crippen LogP contribution is 2.53. The summed E-state index contributed by atoms with van der Waals surface area (Å²) in [5.74, 6) is 4.31. The van der Waals surface area contributed by atoms with Gasteiger partial charge in [0.15, 0.2) is 0 Å². The number of hydrogen-bond donors (Lipinski definition) is 1. The summed E-state index contributed by atoms with van der Waals surface area (Å²) in [7, 11) is 0. The van der Waals surface area contributed by atoms with E-state index < -0.39 is 0 Å². The second-order valence-electron chi connectivity index (χ2n) is 9.57. The van der Waals surface area contributed by atoms with Gasteiger partial charge in [0.2, 0.25) is 5.91 Å². The third-order valence-corrected chi connectivity index (χ3v) is 7.83. The maximum atomic E-state index is 12.8. The zero-order valence-electron chi connectivity index (χ0n) is 16.5. The van der Waals surface area contributed by atoms with Crippen molar-refractivity contribution in [3.05, 3.63) is 29.3 Å². The monoisotopic (exact) mass is 402 g/mol. The maximum Gasteiger partial charge on any atom is 0.234 e. The molecule has 4 nitrogen and oxygen atoms in total. The molecule has 1 saturated heterocycles. The van der Waals surface area contributed by atoms with Gasteiger partial charge in [0.1, 0.15) is 11.9 Å². The average Bonchev–Trinajstić information content (AvgIpc) is 2.66. The maximum absolute atomic E-state index is 12.8. The van der Waals surface area contributed by atoms with E-state index in [1.165, 1.54) is 32.1 Å². The molecule has 4 bridgehead atoms. The molecule has 0 aromatic heterocycles. The van der Waals surface area contributed by atoms with Crippen LogP contribution in [0.2, 0.25) is 5.02 Å². The van der Waals surface area contributed by atoms with E-state index in [2.05, 4.69) is 10.2 Å². The van der Waals surface area contributed by atoms with Crippen molar-refractivity contribution in [1.82, 2.24) is 10.2 Å². The number of halogens is 1. The molecule has 1 aliphatic heterocycles. The Hall–Kier alpha value is -1.26. The van der Waals surface area contributed by atoms with Crippen LogP contribution in [0.25, 0.3) is 0 Å². The molecule has 1 amide bonds. The van der Waals surface area contributed by atoms with Crippen molar-refractivity contribution >= 4 is 17.5 Å². The first-order valence-electron chi connectivity index (χ1n) is 11.1. The third-order valence-electron chi connectivity index (χ3n) is 7.51. The van der Waals surface area contributed by atoms with Crippen LogP contribution in [0.1, 0.15) is 44.9 Å². The number of para-hydroxylation sites is 1. The van der Waals surface area contributed by atoms with E-state index in [9.17, 15) is 4.79 Å². The molecule has 1 aromatic carbocycles. The van der Waals surface area contributed by atoms with Crippen LogP contribution < -0.4 is 10.1 Å². The molecule has 6 rings (SSSR count). The number of ether oxygens (including phenoxy) is 1. The highest BCUT2D eigenvalue weighted by atomic mass is 35.5. The van der Waals surface area contributed by atoms with Crippen molar-refractivity contribution in [2.24, 2.45) is 23.7 Å². The van der Waals surface area contributed by atoms with Crippen LogP contribution in [0, 0.1) is 23.7 Å². The number of carbonyl (C=O) groups excluding carboxylic acids is 1. The standard InChI is InChI=1S/C23H31ClN2O2/c24-20-5-1-2-6-21(20)28-19-4-3-7-26(13-19)14-22(27)25-23-17-9-15-8-16(11-17)12-18(23)10-15/h1-2,5-6,15-19,23H,3-4,7-14H2,(H,25,27). The lowest BCUT2D eigenvalue weighted by molar-refractivity contribution is -0.126. The largest absolute Gasteiger partial charge is 0.488 e. The van der Waals surface area contributed by atoms with Gasteiger partial charge in [0.05, 0.1) is 11.6 Å². The molecular formula is C23H31ClN2O2. The Kier molecular flexibility index (Phi) is 5.27. The van der Waals surface area contributed by atoms with Crippen LogP contribution in [-0.4, -0.2) is 42.6 Å². The lowest BCUT2D eigenvalue weighted by atomic mass is 9.54. The van der Waals surface area contributed by atoms with Gasteiger partial charge in [-0.1, -0.05) is 23.7 Å². The van der Waals surface area contributed by atoms with E-state index in [0.29, 0.717) is 17.6 Å². The van der Waals surface area contributed by atoms with E-state index in [0.717, 1.165) is 55.4 Å². The number of rotatable bonds is 5. The molecule has 1 aromatic rings. The van der Waals surface area contributed by atoms with Gasteiger partial charge in [0, 0.05) is 12.6 Å². The number of benzene rings is 1. The minimum Gasteiger partial charge on any atom is -0.488 e. The zero-order valence-corrected chi connectivity index (χ0v) is 17.2. The fourth-order valence-electron chi connectivity index (χ4n) is 6.57. The van der Waals surface area contributed by atoms with Crippen LogP contribution in [0.4, 0.5) is 0 Å². The van der Waals surface area contributed by atoms with Crippen molar-refractivity contribution in [1.29, 1.82) is 0 Å². The Balaban J connectivity index is 1.14. The minimum atomic E-state index is 0.0997. The second-order valence-corrected chi connectivity index (χ2v) is 9.98. The Morgan fingerprint density at radius 1 is 1.11 bits per heavy atom. The van der Waals surface area contributed by atoms with Crippen LogP contribution in [0.5, 0.6) is 5.75 Å². The molecule has 4 saturated carbocycles. The van der Waals surface area contributed by atoms with Crippen molar-refractivity contribution in [2.75, 3.05) is 19.6 Å². The van der Waals surface area contributed by atoms with E-state index in [1.54, 1.807) is 0 Å². The molecule has 1 unspecified atom stereocenters. The fraction of sp³-hybridized carbons (Fsp3) is 0.696. The summed E-state index contributed by atoms with van der Waals surface area (Å²) in [6.07, 6.45) is 8.99. The first-order chi connectivity index (χ1) is 13.6. The first kappa shape index (κ1) is 18.7. The van der Waals surface area contributed by atoms with Gasteiger partial charge < -0.3 is 10.1 Å². The Morgan fingerprint density at radius 3 is 2.54 bits per heavy atom. The zero-order chi connectivity index (χ0) is 19.1. The number of nitrogens with zero attached hydrogens (tertiary/aromatic N) is 1. The Labute approximate surface area is 173 Å². The van der Waals surface area contributed by atoms with E-state index >= 15 is 0 Å². The Morgan fingerprint density at radius 2 is 1.82 bits per heavy atom. The number of carbonyl (C=O) groups is 1. The summed E-state index contributed by atoms with van der Waals surface area (Å²) in [6, 6.07) is 8.06. The highest BCUT2D eigenvalue weighted by molar-refractivity contribution is 6.32. The lowest BCUT2D eigenvalue weighted by Crippen LogP contribution is -2.57. The molecule has 0 radical (unpaired) electrons. The van der Waals surface area contributed by atoms with E-state index in [-0.39, 0.29) is 12.0 Å². The van der Waals surface area contributed by atoms with Gasteiger partial charge in [-0.15, -0.1) is 0 Å². The van der Waals surface area contributed by atoms with Gasteiger partial charge in [-0.2, -0.15) is 0 Å². The number of amides is 1. The summed E-state index contributed by atoms with van der Waals surface area (Å²) in [4.78, 5) is 15.1. The van der Waals surface area contributed by atoms with Gasteiger partial charge >= 0.3 is 0 Å². The first-order valence-corrected chi connectivity index (χ1v) is 11.4. The SMILES string of the molecule is O=C(CN1CCCC(Oc2ccccc2Cl)C1)NC1C2CC3CC(C2)CC1C3. The summed E-state index contributed by atoms with van der Waals surface area (Å²) in [6.45, 7) is 2.25. The summed E-state index contributed by atoms with van der Waals surface area (Å²) in [5, 5.41) is 4.09. The molecule has 4 aliphatic carbocycles. The molecule has 5 fully saturated rings. The third kappa shape index (κ3) is 3.91. The van der Waals surface area contributed by atoms with Crippen LogP contribution >= 0.6 is 11.6 Å². The molecular weight excluding hydrogens is 372 g/mol. The molecule has 152 valence electrons. The number of nitrogens with one attached hydrogen (secondary N) is 1. The molecule has 5 aliphatic rings. The summed E-state index contributed by atoms with van der Waals surface area (Å²) in [5.41, 5.74) is 0. The predicted molar refractivity (Wildman–Crippen MR) is 111 cm³/mol. The van der Waals surface area contributed by atoms with Gasteiger partial charge in [-0.3, -0.25) is 9.69 Å². The van der Waals surface area contributed by atoms with Crippen molar-refractivity contribution in [3.8, 4) is 5.75 Å². The van der Waals surface area contributed by atoms with Crippen LogP contribution in [0.15, 0.2) is 24.3 Å². The molecule has 1 N–H and O–H groups in total. The fourth-order valence-corrected chi connectivity index (χ4v) is 6.75. The molecule has 1 atom stereocenters. The molecule has 5 heteroatoms. The number of piperidine rings is 1. The number of hydrogen-bond acceptors (Lipinski definition) is 3. The van der Waals surface area contributed by atoms with Gasteiger partial charge in [-0.25, -0.2) is 0 Å². The average molecular weight is 403 g/mol. The quantitative estimate of drug-likeness (QED) is 0.805. The van der Waals surface area contributed by atoms with E-state index in [1.807, 2.05) is 24.3 Å². The summed E-state index contributed by atoms with van der Waals surface area (Å²) >= 11 is 6.23. The lowest BCUT2D eigenvalue weighted by Gasteiger charge is -2.54. The van der Waals surface area contributed by atoms with Gasteiger partial charge in [0.25, 0.3) is 0 Å².